The minimum Gasteiger partial charge on any atom is -0.345 e. The standard InChI is InChI=1S/C23H17ClN4O2/c24-17-11-5-4-10-16(17)20-14-21(26-19-13-7-6-12-18(19)25-20)22-23(29)30-27-28(22)15-8-2-1-3-9-15/h1-13,20,27H,14H2. The minimum absolute atomic E-state index is 0.292. The molecule has 0 bridgehead atoms. The van der Waals surface area contributed by atoms with E-state index in [9.17, 15) is 4.79 Å². The molecule has 2 aliphatic heterocycles. The molecule has 1 N–H and O–H groups in total. The molecule has 3 aromatic carbocycles. The molecule has 0 aromatic heterocycles. The molecule has 1 fully saturated rings. The lowest BCUT2D eigenvalue weighted by atomic mass is 10.0. The van der Waals surface area contributed by atoms with Crippen LogP contribution in [0.2, 0.25) is 5.02 Å². The van der Waals surface area contributed by atoms with E-state index < -0.39 is 5.97 Å². The van der Waals surface area contributed by atoms with E-state index in [4.69, 9.17) is 26.4 Å². The SMILES string of the molecule is O=C1ONN(c2ccccc2)C1=C1CC(c2ccccc2Cl)N=c2ccccc2=N1. The van der Waals surface area contributed by atoms with E-state index in [1.54, 1.807) is 5.01 Å². The molecule has 2 aliphatic rings. The van der Waals surface area contributed by atoms with Gasteiger partial charge in [-0.05, 0) is 35.9 Å². The topological polar surface area (TPSA) is 66.3 Å². The van der Waals surface area contributed by atoms with E-state index in [2.05, 4.69) is 5.59 Å². The van der Waals surface area contributed by atoms with Gasteiger partial charge in [0.2, 0.25) is 0 Å². The Hall–Kier alpha value is -3.48. The van der Waals surface area contributed by atoms with Crippen molar-refractivity contribution in [3.05, 3.63) is 112 Å². The maximum Gasteiger partial charge on any atom is 0.378 e. The number of para-hydroxylation sites is 3. The highest BCUT2D eigenvalue weighted by Crippen LogP contribution is 2.34. The van der Waals surface area contributed by atoms with E-state index in [1.807, 2.05) is 78.9 Å². The van der Waals surface area contributed by atoms with Crippen LogP contribution in [-0.4, -0.2) is 5.97 Å². The van der Waals surface area contributed by atoms with Crippen molar-refractivity contribution >= 4 is 23.3 Å². The fraction of sp³-hybridized carbons (Fsp3) is 0.0870. The van der Waals surface area contributed by atoms with E-state index >= 15 is 0 Å². The molecule has 0 saturated carbocycles. The Morgan fingerprint density at radius 2 is 1.63 bits per heavy atom. The zero-order valence-corrected chi connectivity index (χ0v) is 16.6. The summed E-state index contributed by atoms with van der Waals surface area (Å²) in [6.07, 6.45) is 0.397. The van der Waals surface area contributed by atoms with Gasteiger partial charge in [-0.3, -0.25) is 4.99 Å². The highest BCUT2D eigenvalue weighted by Gasteiger charge is 2.34. The van der Waals surface area contributed by atoms with Crippen LogP contribution in [0, 0.1) is 0 Å². The number of hydrogen-bond donors (Lipinski definition) is 1. The van der Waals surface area contributed by atoms with E-state index in [0.29, 0.717) is 28.2 Å². The Morgan fingerprint density at radius 1 is 0.933 bits per heavy atom. The van der Waals surface area contributed by atoms with E-state index in [0.717, 1.165) is 16.6 Å². The second kappa shape index (κ2) is 7.74. The summed E-state index contributed by atoms with van der Waals surface area (Å²) in [5, 5.41) is 3.69. The van der Waals surface area contributed by atoms with Gasteiger partial charge >= 0.3 is 5.97 Å². The monoisotopic (exact) mass is 416 g/mol. The molecule has 5 rings (SSSR count). The number of halogens is 1. The van der Waals surface area contributed by atoms with Crippen LogP contribution < -0.4 is 21.3 Å². The predicted octanol–water partition coefficient (Wildman–Crippen LogP) is 3.42. The highest BCUT2D eigenvalue weighted by molar-refractivity contribution is 6.31. The van der Waals surface area contributed by atoms with Gasteiger partial charge < -0.3 is 4.84 Å². The summed E-state index contributed by atoms with van der Waals surface area (Å²) in [5.41, 5.74) is 5.26. The average molecular weight is 417 g/mol. The zero-order valence-electron chi connectivity index (χ0n) is 15.8. The number of benzene rings is 3. The predicted molar refractivity (Wildman–Crippen MR) is 113 cm³/mol. The number of nitrogens with one attached hydrogen (secondary N) is 1. The van der Waals surface area contributed by atoms with Gasteiger partial charge in [0.25, 0.3) is 0 Å². The highest BCUT2D eigenvalue weighted by atomic mass is 35.5. The third-order valence-electron chi connectivity index (χ3n) is 5.02. The number of carbonyl (C=O) groups is 1. The zero-order chi connectivity index (χ0) is 20.5. The van der Waals surface area contributed by atoms with Crippen molar-refractivity contribution in [2.24, 2.45) is 9.98 Å². The molecule has 0 spiro atoms. The number of fused-ring (bicyclic) bond motifs is 1. The van der Waals surface area contributed by atoms with Crippen molar-refractivity contribution in [3.63, 3.8) is 0 Å². The molecule has 2 heterocycles. The first-order chi connectivity index (χ1) is 14.7. The Labute approximate surface area is 177 Å². The molecule has 6 nitrogen and oxygen atoms in total. The Kier molecular flexibility index (Phi) is 4.78. The maximum atomic E-state index is 12.7. The second-order valence-corrected chi connectivity index (χ2v) is 7.33. The first kappa shape index (κ1) is 18.5. The fourth-order valence-electron chi connectivity index (χ4n) is 3.61. The lowest BCUT2D eigenvalue weighted by Crippen LogP contribution is -2.29. The molecule has 3 aromatic rings. The largest absolute Gasteiger partial charge is 0.378 e. The van der Waals surface area contributed by atoms with E-state index in [1.165, 1.54) is 0 Å². The van der Waals surface area contributed by atoms with Crippen molar-refractivity contribution < 1.29 is 9.63 Å². The molecule has 0 radical (unpaired) electrons. The Morgan fingerprint density at radius 3 is 2.43 bits per heavy atom. The van der Waals surface area contributed by atoms with Gasteiger partial charge in [-0.15, -0.1) is 0 Å². The number of anilines is 1. The Balaban J connectivity index is 1.73. The van der Waals surface area contributed by atoms with E-state index in [-0.39, 0.29) is 6.04 Å². The third-order valence-corrected chi connectivity index (χ3v) is 5.36. The smallest absolute Gasteiger partial charge is 0.345 e. The fourth-order valence-corrected chi connectivity index (χ4v) is 3.87. The first-order valence-corrected chi connectivity index (χ1v) is 9.90. The van der Waals surface area contributed by atoms with Gasteiger partial charge in [0.15, 0.2) is 5.70 Å². The Bertz CT molecular complexity index is 1270. The van der Waals surface area contributed by atoms with Crippen LogP contribution in [0.5, 0.6) is 0 Å². The third kappa shape index (κ3) is 3.36. The molecule has 148 valence electrons. The summed E-state index contributed by atoms with van der Waals surface area (Å²) in [6.45, 7) is 0. The minimum atomic E-state index is -0.491. The molecule has 0 aliphatic carbocycles. The summed E-state index contributed by atoms with van der Waals surface area (Å²) in [6, 6.07) is 24.4. The molecular weight excluding hydrogens is 400 g/mol. The van der Waals surface area contributed by atoms with Crippen molar-refractivity contribution in [2.45, 2.75) is 12.5 Å². The van der Waals surface area contributed by atoms with Crippen molar-refractivity contribution in [3.8, 4) is 0 Å². The lowest BCUT2D eigenvalue weighted by Gasteiger charge is -2.18. The summed E-state index contributed by atoms with van der Waals surface area (Å²) in [7, 11) is 0. The number of rotatable bonds is 2. The van der Waals surface area contributed by atoms with Crippen molar-refractivity contribution in [1.82, 2.24) is 5.59 Å². The molecule has 7 heteroatoms. The van der Waals surface area contributed by atoms with Crippen LogP contribution in [0.15, 0.2) is 100 Å². The molecule has 1 atom stereocenters. The van der Waals surface area contributed by atoms with Crippen LogP contribution in [0.3, 0.4) is 0 Å². The molecule has 30 heavy (non-hydrogen) atoms. The van der Waals surface area contributed by atoms with Gasteiger partial charge in [-0.25, -0.2) is 14.8 Å². The summed E-state index contributed by atoms with van der Waals surface area (Å²) >= 11 is 6.48. The first-order valence-electron chi connectivity index (χ1n) is 9.52. The number of nitrogens with zero attached hydrogens (tertiary/aromatic N) is 3. The van der Waals surface area contributed by atoms with Gasteiger partial charge in [0.05, 0.1) is 28.1 Å². The van der Waals surface area contributed by atoms with Gasteiger partial charge in [0, 0.05) is 11.4 Å². The molecule has 1 saturated heterocycles. The molecular formula is C23H17ClN4O2. The lowest BCUT2D eigenvalue weighted by molar-refractivity contribution is -0.140. The quantitative estimate of drug-likeness (QED) is 0.650. The normalized spacial score (nSPS) is 20.6. The van der Waals surface area contributed by atoms with Crippen LogP contribution in [-0.2, 0) is 9.63 Å². The van der Waals surface area contributed by atoms with Crippen LogP contribution in [0.1, 0.15) is 18.0 Å². The van der Waals surface area contributed by atoms with Gasteiger partial charge in [-0.1, -0.05) is 65.7 Å². The number of carbonyl (C=O) groups excluding carboxylic acids is 1. The van der Waals surface area contributed by atoms with Crippen LogP contribution in [0.25, 0.3) is 0 Å². The van der Waals surface area contributed by atoms with Crippen molar-refractivity contribution in [2.75, 3.05) is 5.01 Å². The number of hydrogen-bond acceptors (Lipinski definition) is 6. The summed E-state index contributed by atoms with van der Waals surface area (Å²) < 4.78 is 0. The van der Waals surface area contributed by atoms with Crippen LogP contribution in [0.4, 0.5) is 5.69 Å². The summed E-state index contributed by atoms with van der Waals surface area (Å²) in [4.78, 5) is 27.6. The number of hydrazine groups is 1. The average Bonchev–Trinajstić information content (AvgIpc) is 3.05. The second-order valence-electron chi connectivity index (χ2n) is 6.92. The summed E-state index contributed by atoms with van der Waals surface area (Å²) in [5.74, 6) is -0.491. The molecule has 0 amide bonds. The van der Waals surface area contributed by atoms with Gasteiger partial charge in [0.1, 0.15) is 0 Å². The molecule has 1 unspecified atom stereocenters. The van der Waals surface area contributed by atoms with Crippen molar-refractivity contribution in [1.29, 1.82) is 0 Å². The van der Waals surface area contributed by atoms with Gasteiger partial charge in [-0.2, -0.15) is 0 Å². The van der Waals surface area contributed by atoms with Crippen LogP contribution >= 0.6 is 11.6 Å². The maximum absolute atomic E-state index is 12.7.